The lowest BCUT2D eigenvalue weighted by atomic mass is 10.1. The lowest BCUT2D eigenvalue weighted by Crippen LogP contribution is -2.66. The number of rotatable bonds is 5. The molecule has 5 nitrogen and oxygen atoms in total. The van der Waals surface area contributed by atoms with Crippen LogP contribution in [0.4, 0.5) is 0 Å². The number of benzene rings is 2. The molecule has 2 aromatic rings. The van der Waals surface area contributed by atoms with Crippen molar-refractivity contribution in [1.29, 1.82) is 0 Å². The molecule has 2 bridgehead atoms. The van der Waals surface area contributed by atoms with Gasteiger partial charge in [0.05, 0.1) is 5.03 Å². The molecule has 0 radical (unpaired) electrons. The first kappa shape index (κ1) is 16.9. The normalized spacial score (nSPS) is 26.1. The molecular weight excluding hydrogens is 360 g/mol. The molecule has 4 aliphatic heterocycles. The van der Waals surface area contributed by atoms with Crippen LogP contribution in [-0.2, 0) is 27.4 Å². The lowest BCUT2D eigenvalue weighted by Gasteiger charge is -2.54. The third kappa shape index (κ3) is 3.25. The van der Waals surface area contributed by atoms with E-state index in [1.54, 1.807) is 11.8 Å². The third-order valence-corrected chi connectivity index (χ3v) is 6.27. The Morgan fingerprint density at radius 1 is 1.07 bits per heavy atom. The molecule has 4 heterocycles. The van der Waals surface area contributed by atoms with Gasteiger partial charge in [-0.15, -0.1) is 0 Å². The monoisotopic (exact) mass is 380 g/mol. The van der Waals surface area contributed by atoms with Crippen molar-refractivity contribution >= 4 is 17.7 Å². The molecule has 6 heteroatoms. The van der Waals surface area contributed by atoms with Gasteiger partial charge in [0.15, 0.2) is 6.35 Å². The molecule has 3 atom stereocenters. The molecule has 2 saturated heterocycles. The highest BCUT2D eigenvalue weighted by atomic mass is 32.2. The van der Waals surface area contributed by atoms with E-state index in [2.05, 4.69) is 40.1 Å². The van der Waals surface area contributed by atoms with Gasteiger partial charge in [0, 0.05) is 13.1 Å². The standard InChI is InChI=1S/C21H20N2O3S/c24-20(25-14-16-9-5-2-6-10-16)17-13-23-19(27-17)11-18-22(21(23)26-18)12-15-7-3-1-4-8-15/h1-11,17-18,21H,12-14H2. The lowest BCUT2D eigenvalue weighted by molar-refractivity contribution is -0.325. The molecule has 0 spiro atoms. The van der Waals surface area contributed by atoms with Gasteiger partial charge in [-0.1, -0.05) is 72.4 Å². The maximum Gasteiger partial charge on any atom is 0.321 e. The van der Waals surface area contributed by atoms with Crippen LogP contribution in [0.15, 0.2) is 71.8 Å². The molecule has 0 amide bonds. The average molecular weight is 380 g/mol. The van der Waals surface area contributed by atoms with Crippen LogP contribution >= 0.6 is 11.8 Å². The Bertz CT molecular complexity index is 858. The predicted molar refractivity (Wildman–Crippen MR) is 103 cm³/mol. The number of thioether (sulfide) groups is 1. The maximum absolute atomic E-state index is 12.5. The molecule has 3 unspecified atom stereocenters. The van der Waals surface area contributed by atoms with Gasteiger partial charge >= 0.3 is 5.97 Å². The highest BCUT2D eigenvalue weighted by Crippen LogP contribution is 2.46. The number of hydrogen-bond acceptors (Lipinski definition) is 6. The number of carbonyl (C=O) groups excluding carboxylic acids is 1. The SMILES string of the molecule is O=C(OCc1ccccc1)C1CN2C(=CC3OC2N3Cc2ccccc2)S1. The van der Waals surface area contributed by atoms with E-state index in [-0.39, 0.29) is 23.8 Å². The van der Waals surface area contributed by atoms with Crippen LogP contribution in [0.1, 0.15) is 11.1 Å². The molecule has 0 N–H and O–H groups in total. The Hall–Kier alpha value is -2.28. The Labute approximate surface area is 162 Å². The second-order valence-corrected chi connectivity index (χ2v) is 8.09. The maximum atomic E-state index is 12.5. The molecule has 0 aliphatic carbocycles. The van der Waals surface area contributed by atoms with Crippen molar-refractivity contribution in [3.8, 4) is 0 Å². The summed E-state index contributed by atoms with van der Waals surface area (Å²) in [6, 6.07) is 20.2. The first-order chi connectivity index (χ1) is 13.3. The van der Waals surface area contributed by atoms with Crippen LogP contribution in [0.25, 0.3) is 0 Å². The van der Waals surface area contributed by atoms with Gasteiger partial charge in [0.1, 0.15) is 18.1 Å². The van der Waals surface area contributed by atoms with Crippen LogP contribution in [0.5, 0.6) is 0 Å². The molecule has 4 aliphatic rings. The number of esters is 1. The van der Waals surface area contributed by atoms with Gasteiger partial charge < -0.3 is 14.4 Å². The van der Waals surface area contributed by atoms with E-state index in [1.165, 1.54) is 5.56 Å². The topological polar surface area (TPSA) is 42.0 Å². The fourth-order valence-corrected chi connectivity index (χ4v) is 4.80. The molecule has 2 aromatic carbocycles. The molecule has 6 rings (SSSR count). The Morgan fingerprint density at radius 3 is 2.52 bits per heavy atom. The van der Waals surface area contributed by atoms with Crippen LogP contribution in [-0.4, -0.2) is 40.1 Å². The van der Waals surface area contributed by atoms with Gasteiger partial charge in [-0.3, -0.25) is 4.79 Å². The second-order valence-electron chi connectivity index (χ2n) is 6.87. The Morgan fingerprint density at radius 2 is 1.78 bits per heavy atom. The quantitative estimate of drug-likeness (QED) is 0.743. The van der Waals surface area contributed by atoms with Crippen molar-refractivity contribution in [2.24, 2.45) is 0 Å². The smallest absolute Gasteiger partial charge is 0.321 e. The molecule has 0 aromatic heterocycles. The number of carbonyl (C=O) groups is 1. The zero-order valence-corrected chi connectivity index (χ0v) is 15.5. The minimum atomic E-state index is -0.207. The van der Waals surface area contributed by atoms with Crippen LogP contribution in [0, 0.1) is 0 Å². The highest BCUT2D eigenvalue weighted by molar-refractivity contribution is 8.04. The predicted octanol–water partition coefficient (Wildman–Crippen LogP) is 3.14. The summed E-state index contributed by atoms with van der Waals surface area (Å²) >= 11 is 1.59. The van der Waals surface area contributed by atoms with E-state index in [9.17, 15) is 4.79 Å². The zero-order chi connectivity index (χ0) is 18.2. The second kappa shape index (κ2) is 7.03. The van der Waals surface area contributed by atoms with Crippen molar-refractivity contribution in [2.45, 2.75) is 31.0 Å². The van der Waals surface area contributed by atoms with E-state index in [0.717, 1.165) is 17.1 Å². The highest BCUT2D eigenvalue weighted by Gasteiger charge is 2.51. The van der Waals surface area contributed by atoms with Gasteiger partial charge in [0.25, 0.3) is 0 Å². The zero-order valence-electron chi connectivity index (χ0n) is 14.7. The fourth-order valence-electron chi connectivity index (χ4n) is 3.61. The van der Waals surface area contributed by atoms with E-state index in [1.807, 2.05) is 36.4 Å². The molecular formula is C21H20N2O3S. The van der Waals surface area contributed by atoms with Crippen LogP contribution in [0.3, 0.4) is 0 Å². The fraction of sp³-hybridized carbons (Fsp3) is 0.286. The van der Waals surface area contributed by atoms with E-state index in [4.69, 9.17) is 9.47 Å². The van der Waals surface area contributed by atoms with E-state index < -0.39 is 0 Å². The first-order valence-electron chi connectivity index (χ1n) is 9.09. The number of hydrogen-bond donors (Lipinski definition) is 0. The van der Waals surface area contributed by atoms with Crippen LogP contribution in [0.2, 0.25) is 0 Å². The van der Waals surface area contributed by atoms with Gasteiger partial charge in [-0.05, 0) is 17.2 Å². The summed E-state index contributed by atoms with van der Waals surface area (Å²) in [7, 11) is 0. The van der Waals surface area contributed by atoms with Gasteiger partial charge in [-0.2, -0.15) is 0 Å². The summed E-state index contributed by atoms with van der Waals surface area (Å²) < 4.78 is 11.5. The summed E-state index contributed by atoms with van der Waals surface area (Å²) in [5.41, 5.74) is 2.27. The van der Waals surface area contributed by atoms with E-state index in [0.29, 0.717) is 13.2 Å². The Balaban J connectivity index is 1.20. The average Bonchev–Trinajstić information content (AvgIpc) is 3.16. The minimum Gasteiger partial charge on any atom is -0.460 e. The van der Waals surface area contributed by atoms with Crippen LogP contribution < -0.4 is 0 Å². The first-order valence-corrected chi connectivity index (χ1v) is 9.97. The van der Waals surface area contributed by atoms with Gasteiger partial charge in [-0.25, -0.2) is 4.90 Å². The summed E-state index contributed by atoms with van der Waals surface area (Å²) in [5.74, 6) is -0.161. The molecule has 0 saturated carbocycles. The largest absolute Gasteiger partial charge is 0.460 e. The number of nitrogens with zero attached hydrogens (tertiary/aromatic N) is 2. The van der Waals surface area contributed by atoms with E-state index >= 15 is 0 Å². The summed E-state index contributed by atoms with van der Waals surface area (Å²) in [6.45, 7) is 1.77. The van der Waals surface area contributed by atoms with Gasteiger partial charge in [0.2, 0.25) is 0 Å². The summed E-state index contributed by atoms with van der Waals surface area (Å²) in [6.07, 6.45) is 2.01. The summed E-state index contributed by atoms with van der Waals surface area (Å²) in [4.78, 5) is 17.0. The molecule has 138 valence electrons. The Kier molecular flexibility index (Phi) is 4.39. The third-order valence-electron chi connectivity index (χ3n) is 5.03. The van der Waals surface area contributed by atoms with Crippen molar-refractivity contribution in [3.63, 3.8) is 0 Å². The summed E-state index contributed by atoms with van der Waals surface area (Å²) in [5, 5.41) is 0.920. The van der Waals surface area contributed by atoms with Crippen molar-refractivity contribution < 1.29 is 14.3 Å². The molecule has 2 fully saturated rings. The van der Waals surface area contributed by atoms with Crippen molar-refractivity contribution in [1.82, 2.24) is 9.80 Å². The van der Waals surface area contributed by atoms with Crippen molar-refractivity contribution in [3.05, 3.63) is 82.9 Å². The minimum absolute atomic E-state index is 0.00644. The molecule has 27 heavy (non-hydrogen) atoms. The number of ether oxygens (including phenoxy) is 2. The van der Waals surface area contributed by atoms with Crippen molar-refractivity contribution in [2.75, 3.05) is 6.54 Å².